The first-order valence-corrected chi connectivity index (χ1v) is 6.86. The highest BCUT2D eigenvalue weighted by atomic mass is 16.6. The van der Waals surface area contributed by atoms with Gasteiger partial charge < -0.3 is 19.9 Å². The molecule has 7 nitrogen and oxygen atoms in total. The van der Waals surface area contributed by atoms with Crippen LogP contribution in [0.3, 0.4) is 0 Å². The van der Waals surface area contributed by atoms with Crippen LogP contribution in [-0.4, -0.2) is 43.6 Å². The predicted molar refractivity (Wildman–Crippen MR) is 77.5 cm³/mol. The lowest BCUT2D eigenvalue weighted by molar-refractivity contribution is -0.166. The normalized spacial score (nSPS) is 10.2. The lowest BCUT2D eigenvalue weighted by Crippen LogP contribution is -2.38. The number of hydrogen-bond donors (Lipinski definition) is 1. The topological polar surface area (TPSA) is 105 Å². The largest absolute Gasteiger partial charge is 0.467 e. The van der Waals surface area contributed by atoms with Crippen LogP contribution >= 0.6 is 0 Å². The molecular weight excluding hydrogens is 290 g/mol. The molecule has 22 heavy (non-hydrogen) atoms. The summed E-state index contributed by atoms with van der Waals surface area (Å²) in [6.45, 7) is 3.36. The molecule has 0 bridgehead atoms. The predicted octanol–water partition coefficient (Wildman–Crippen LogP) is 0.702. The molecule has 0 radical (unpaired) electrons. The summed E-state index contributed by atoms with van der Waals surface area (Å²) in [6, 6.07) is 5.93. The number of Topliss-reactive ketones (excluding diaryl/α,β-unsaturated/α-hetero) is 1. The number of ketones is 1. The van der Waals surface area contributed by atoms with E-state index in [0.29, 0.717) is 5.56 Å². The molecular formula is C15H19NO6. The highest BCUT2D eigenvalue weighted by Gasteiger charge is 2.31. The van der Waals surface area contributed by atoms with Crippen molar-refractivity contribution in [2.24, 2.45) is 5.73 Å². The van der Waals surface area contributed by atoms with Crippen molar-refractivity contribution in [3.8, 4) is 5.75 Å². The van der Waals surface area contributed by atoms with Crippen LogP contribution in [0.4, 0.5) is 0 Å². The van der Waals surface area contributed by atoms with E-state index >= 15 is 0 Å². The summed E-state index contributed by atoms with van der Waals surface area (Å²) in [6.07, 6.45) is -1.50. The van der Waals surface area contributed by atoms with Crippen LogP contribution in [0.25, 0.3) is 0 Å². The van der Waals surface area contributed by atoms with Crippen molar-refractivity contribution in [1.82, 2.24) is 0 Å². The highest BCUT2D eigenvalue weighted by Crippen LogP contribution is 2.15. The number of carbonyl (C=O) groups is 3. The second-order valence-corrected chi connectivity index (χ2v) is 4.15. The van der Waals surface area contributed by atoms with Gasteiger partial charge in [0.1, 0.15) is 5.75 Å². The van der Waals surface area contributed by atoms with Crippen molar-refractivity contribution < 1.29 is 28.6 Å². The zero-order valence-electron chi connectivity index (χ0n) is 12.5. The van der Waals surface area contributed by atoms with Gasteiger partial charge in [0, 0.05) is 5.56 Å². The molecule has 0 saturated carbocycles. The molecule has 0 heterocycles. The third-order valence-electron chi connectivity index (χ3n) is 2.62. The Morgan fingerprint density at radius 1 is 1.00 bits per heavy atom. The fourth-order valence-electron chi connectivity index (χ4n) is 1.60. The molecule has 0 aliphatic rings. The van der Waals surface area contributed by atoms with Crippen LogP contribution in [0.2, 0.25) is 0 Å². The second-order valence-electron chi connectivity index (χ2n) is 4.15. The van der Waals surface area contributed by atoms with Crippen LogP contribution in [-0.2, 0) is 19.1 Å². The number of nitrogens with two attached hydrogens (primary N) is 1. The molecule has 1 rings (SSSR count). The standard InChI is InChI=1S/C15H19NO6/c1-3-20-14(18)13(15(19)21-4-2)22-11-7-5-10(6-8-11)12(17)9-16/h5-8,13H,3-4,9,16H2,1-2H3. The number of ether oxygens (including phenoxy) is 3. The zero-order chi connectivity index (χ0) is 16.5. The summed E-state index contributed by atoms with van der Waals surface area (Å²) >= 11 is 0. The van der Waals surface area contributed by atoms with E-state index in [2.05, 4.69) is 0 Å². The summed E-state index contributed by atoms with van der Waals surface area (Å²) in [5, 5.41) is 0. The maximum absolute atomic E-state index is 11.8. The lowest BCUT2D eigenvalue weighted by Gasteiger charge is -2.16. The van der Waals surface area contributed by atoms with Crippen molar-refractivity contribution in [3.63, 3.8) is 0 Å². The number of rotatable bonds is 8. The number of benzene rings is 1. The average molecular weight is 309 g/mol. The fourth-order valence-corrected chi connectivity index (χ4v) is 1.60. The van der Waals surface area contributed by atoms with Gasteiger partial charge in [-0.15, -0.1) is 0 Å². The quantitative estimate of drug-likeness (QED) is 0.428. The third kappa shape index (κ3) is 4.85. The van der Waals surface area contributed by atoms with Crippen LogP contribution < -0.4 is 10.5 Å². The molecule has 0 fully saturated rings. The molecule has 0 amide bonds. The van der Waals surface area contributed by atoms with Gasteiger partial charge in [0.15, 0.2) is 5.78 Å². The minimum absolute atomic E-state index is 0.103. The highest BCUT2D eigenvalue weighted by molar-refractivity contribution is 5.99. The Balaban J connectivity index is 2.86. The number of carbonyl (C=O) groups excluding carboxylic acids is 3. The lowest BCUT2D eigenvalue weighted by atomic mass is 10.1. The van der Waals surface area contributed by atoms with Crippen LogP contribution in [0, 0.1) is 0 Å². The smallest absolute Gasteiger partial charge is 0.359 e. The Kier molecular flexibility index (Phi) is 7.04. The van der Waals surface area contributed by atoms with Crippen LogP contribution in [0.5, 0.6) is 5.75 Å². The van der Waals surface area contributed by atoms with E-state index in [1.807, 2.05) is 0 Å². The molecule has 0 aromatic heterocycles. The van der Waals surface area contributed by atoms with Crippen LogP contribution in [0.15, 0.2) is 24.3 Å². The molecule has 7 heteroatoms. The molecule has 0 spiro atoms. The summed E-state index contributed by atoms with van der Waals surface area (Å²) in [5.74, 6) is -1.65. The van der Waals surface area contributed by atoms with E-state index in [4.69, 9.17) is 19.9 Å². The minimum atomic E-state index is -1.50. The van der Waals surface area contributed by atoms with E-state index in [9.17, 15) is 14.4 Å². The van der Waals surface area contributed by atoms with Gasteiger partial charge in [0.25, 0.3) is 6.10 Å². The fraction of sp³-hybridized carbons (Fsp3) is 0.400. The maximum Gasteiger partial charge on any atom is 0.359 e. The summed E-state index contributed by atoms with van der Waals surface area (Å²) < 4.78 is 14.9. The molecule has 0 unspecified atom stereocenters. The zero-order valence-corrected chi connectivity index (χ0v) is 12.5. The summed E-state index contributed by atoms with van der Waals surface area (Å²) in [5.41, 5.74) is 5.68. The molecule has 1 aromatic rings. The first-order valence-electron chi connectivity index (χ1n) is 6.86. The number of hydrogen-bond acceptors (Lipinski definition) is 7. The van der Waals surface area contributed by atoms with E-state index in [1.165, 1.54) is 24.3 Å². The van der Waals surface area contributed by atoms with Gasteiger partial charge >= 0.3 is 11.9 Å². The second kappa shape index (κ2) is 8.78. The summed E-state index contributed by atoms with van der Waals surface area (Å²) in [4.78, 5) is 35.0. The van der Waals surface area contributed by atoms with Crippen molar-refractivity contribution in [2.75, 3.05) is 19.8 Å². The average Bonchev–Trinajstić information content (AvgIpc) is 2.52. The van der Waals surface area contributed by atoms with E-state index in [-0.39, 0.29) is 31.3 Å². The Labute approximate surface area is 128 Å². The molecule has 0 saturated heterocycles. The van der Waals surface area contributed by atoms with Crippen molar-refractivity contribution in [3.05, 3.63) is 29.8 Å². The Bertz CT molecular complexity index is 507. The first kappa shape index (κ1) is 17.6. The van der Waals surface area contributed by atoms with Crippen molar-refractivity contribution in [1.29, 1.82) is 0 Å². The third-order valence-corrected chi connectivity index (χ3v) is 2.62. The number of esters is 2. The van der Waals surface area contributed by atoms with E-state index in [0.717, 1.165) is 0 Å². The van der Waals surface area contributed by atoms with Crippen molar-refractivity contribution >= 4 is 17.7 Å². The molecule has 0 aliphatic carbocycles. The van der Waals surface area contributed by atoms with Gasteiger partial charge in [-0.05, 0) is 38.1 Å². The van der Waals surface area contributed by atoms with Gasteiger partial charge in [0.2, 0.25) is 0 Å². The molecule has 120 valence electrons. The van der Waals surface area contributed by atoms with Crippen LogP contribution in [0.1, 0.15) is 24.2 Å². The first-order chi connectivity index (χ1) is 10.5. The van der Waals surface area contributed by atoms with Gasteiger partial charge in [0.05, 0.1) is 19.8 Å². The molecule has 0 atom stereocenters. The maximum atomic E-state index is 11.8. The summed E-state index contributed by atoms with van der Waals surface area (Å²) in [7, 11) is 0. The molecule has 1 aromatic carbocycles. The van der Waals surface area contributed by atoms with Gasteiger partial charge in [-0.2, -0.15) is 0 Å². The molecule has 2 N–H and O–H groups in total. The Morgan fingerprint density at radius 3 is 1.91 bits per heavy atom. The van der Waals surface area contributed by atoms with E-state index in [1.54, 1.807) is 13.8 Å². The van der Waals surface area contributed by atoms with Crippen molar-refractivity contribution in [2.45, 2.75) is 20.0 Å². The SMILES string of the molecule is CCOC(=O)C(Oc1ccc(C(=O)CN)cc1)C(=O)OCC. The van der Waals surface area contributed by atoms with Gasteiger partial charge in [-0.25, -0.2) is 9.59 Å². The molecule has 0 aliphatic heterocycles. The van der Waals surface area contributed by atoms with E-state index < -0.39 is 18.0 Å². The van der Waals surface area contributed by atoms with Gasteiger partial charge in [-0.1, -0.05) is 0 Å². The monoisotopic (exact) mass is 309 g/mol. The van der Waals surface area contributed by atoms with Gasteiger partial charge in [-0.3, -0.25) is 4.79 Å². The minimum Gasteiger partial charge on any atom is -0.467 e. The Hall–Kier alpha value is -2.41. The Morgan fingerprint density at radius 2 is 1.50 bits per heavy atom.